The van der Waals surface area contributed by atoms with Crippen molar-refractivity contribution < 1.29 is 9.53 Å². The number of carbonyl (C=O) groups excluding carboxylic acids is 1. The zero-order valence-electron chi connectivity index (χ0n) is 13.8. The molecule has 0 atom stereocenters. The van der Waals surface area contributed by atoms with Crippen LogP contribution in [-0.2, 0) is 4.79 Å². The molecule has 0 spiro atoms. The number of benzene rings is 2. The predicted octanol–water partition coefficient (Wildman–Crippen LogP) is 5.15. The maximum absolute atomic E-state index is 12.4. The number of halogens is 2. The van der Waals surface area contributed by atoms with Crippen LogP contribution in [0.15, 0.2) is 42.0 Å². The van der Waals surface area contributed by atoms with Crippen LogP contribution in [0.1, 0.15) is 18.1 Å². The number of aryl methyl sites for hydroxylation is 1. The fourth-order valence-corrected chi connectivity index (χ4v) is 4.29. The molecule has 2 rings (SSSR count). The van der Waals surface area contributed by atoms with Crippen LogP contribution in [0.3, 0.4) is 0 Å². The van der Waals surface area contributed by atoms with Crippen molar-refractivity contribution in [1.29, 1.82) is 5.26 Å². The molecule has 0 aliphatic carbocycles. The third-order valence-electron chi connectivity index (χ3n) is 3.38. The van der Waals surface area contributed by atoms with Crippen molar-refractivity contribution in [3.8, 4) is 11.8 Å². The largest absolute Gasteiger partial charge is 0.492 e. The number of nitrogens with zero attached hydrogens (tertiary/aromatic N) is 1. The second kappa shape index (κ2) is 9.20. The van der Waals surface area contributed by atoms with Gasteiger partial charge in [0.05, 0.1) is 13.7 Å². The maximum Gasteiger partial charge on any atom is 0.266 e. The lowest BCUT2D eigenvalue weighted by molar-refractivity contribution is -0.112. The molecule has 1 N–H and O–H groups in total. The van der Waals surface area contributed by atoms with E-state index >= 15 is 0 Å². The minimum Gasteiger partial charge on any atom is -0.492 e. The quantitative estimate of drug-likeness (QED) is 0.314. The Morgan fingerprint density at radius 2 is 1.92 bits per heavy atom. The highest BCUT2D eigenvalue weighted by Gasteiger charge is 2.13. The molecule has 0 fully saturated rings. The summed E-state index contributed by atoms with van der Waals surface area (Å²) >= 11 is 4.38. The molecule has 0 bridgehead atoms. The zero-order chi connectivity index (χ0) is 18.4. The molecule has 0 heterocycles. The third kappa shape index (κ3) is 5.19. The van der Waals surface area contributed by atoms with E-state index in [1.54, 1.807) is 6.08 Å². The van der Waals surface area contributed by atoms with Gasteiger partial charge in [0.25, 0.3) is 5.91 Å². The fourth-order valence-electron chi connectivity index (χ4n) is 2.16. The maximum atomic E-state index is 12.4. The van der Waals surface area contributed by atoms with Gasteiger partial charge in [0.15, 0.2) is 0 Å². The Bertz CT molecular complexity index is 847. The van der Waals surface area contributed by atoms with Crippen molar-refractivity contribution in [2.45, 2.75) is 13.8 Å². The number of rotatable bonds is 5. The Morgan fingerprint density at radius 3 is 2.48 bits per heavy atom. The highest BCUT2D eigenvalue weighted by atomic mass is 127. The number of nitriles is 1. The molecular weight excluding hydrogens is 542 g/mol. The molecule has 128 valence electrons. The van der Waals surface area contributed by atoms with E-state index in [9.17, 15) is 10.1 Å². The minimum absolute atomic E-state index is 0.0546. The Balaban J connectivity index is 2.30. The van der Waals surface area contributed by atoms with Crippen LogP contribution in [0.2, 0.25) is 0 Å². The van der Waals surface area contributed by atoms with Crippen LogP contribution in [-0.4, -0.2) is 12.5 Å². The van der Waals surface area contributed by atoms with Crippen LogP contribution in [0.25, 0.3) is 6.08 Å². The topological polar surface area (TPSA) is 62.1 Å². The Hall–Kier alpha value is -1.60. The van der Waals surface area contributed by atoms with Gasteiger partial charge in [0.1, 0.15) is 17.4 Å². The minimum atomic E-state index is -0.421. The average molecular weight is 558 g/mol. The van der Waals surface area contributed by atoms with Crippen molar-refractivity contribution in [1.82, 2.24) is 0 Å². The summed E-state index contributed by atoms with van der Waals surface area (Å²) in [6.45, 7) is 4.43. The second-order valence-corrected chi connectivity index (χ2v) is 7.51. The SMILES string of the molecule is CCOc1c(I)cc(/C=C(\C#N)C(=O)Nc2ccccc2C)cc1I. The van der Waals surface area contributed by atoms with Crippen molar-refractivity contribution in [2.75, 3.05) is 11.9 Å². The number of ether oxygens (including phenoxy) is 1. The highest BCUT2D eigenvalue weighted by molar-refractivity contribution is 14.1. The van der Waals surface area contributed by atoms with E-state index in [-0.39, 0.29) is 5.57 Å². The van der Waals surface area contributed by atoms with Gasteiger partial charge in [-0.15, -0.1) is 0 Å². The monoisotopic (exact) mass is 558 g/mol. The van der Waals surface area contributed by atoms with E-state index in [2.05, 4.69) is 50.5 Å². The Labute approximate surface area is 174 Å². The lowest BCUT2D eigenvalue weighted by atomic mass is 10.1. The first-order valence-electron chi connectivity index (χ1n) is 7.57. The molecule has 2 aromatic rings. The number of anilines is 1. The normalized spacial score (nSPS) is 10.9. The molecule has 0 saturated heterocycles. The Morgan fingerprint density at radius 1 is 1.28 bits per heavy atom. The summed E-state index contributed by atoms with van der Waals surface area (Å²) in [5.74, 6) is 0.402. The lowest BCUT2D eigenvalue weighted by Gasteiger charge is -2.10. The summed E-state index contributed by atoms with van der Waals surface area (Å²) in [5, 5.41) is 12.2. The van der Waals surface area contributed by atoms with Crippen LogP contribution in [0, 0.1) is 25.4 Å². The van der Waals surface area contributed by atoms with Gasteiger partial charge < -0.3 is 10.1 Å². The molecule has 4 nitrogen and oxygen atoms in total. The van der Waals surface area contributed by atoms with Crippen LogP contribution in [0.5, 0.6) is 5.75 Å². The van der Waals surface area contributed by atoms with Crippen molar-refractivity contribution in [3.05, 3.63) is 60.2 Å². The molecule has 6 heteroatoms. The van der Waals surface area contributed by atoms with Gasteiger partial charge in [0, 0.05) is 5.69 Å². The third-order valence-corrected chi connectivity index (χ3v) is 4.98. The second-order valence-electron chi connectivity index (χ2n) is 5.19. The number of hydrogen-bond donors (Lipinski definition) is 1. The highest BCUT2D eigenvalue weighted by Crippen LogP contribution is 2.30. The number of carbonyl (C=O) groups is 1. The summed E-state index contributed by atoms with van der Waals surface area (Å²) in [4.78, 5) is 12.4. The first-order valence-corrected chi connectivity index (χ1v) is 9.72. The van der Waals surface area contributed by atoms with Crippen LogP contribution in [0.4, 0.5) is 5.69 Å². The molecule has 0 saturated carbocycles. The summed E-state index contributed by atoms with van der Waals surface area (Å²) in [6.07, 6.45) is 1.59. The van der Waals surface area contributed by atoms with Crippen molar-refractivity contribution in [3.63, 3.8) is 0 Å². The molecule has 0 unspecified atom stereocenters. The molecule has 0 aliphatic heterocycles. The first-order chi connectivity index (χ1) is 12.0. The van der Waals surface area contributed by atoms with Crippen molar-refractivity contribution in [2.24, 2.45) is 0 Å². The van der Waals surface area contributed by atoms with Gasteiger partial charge in [-0.25, -0.2) is 0 Å². The van der Waals surface area contributed by atoms with Crippen LogP contribution < -0.4 is 10.1 Å². The molecular formula is C19H16I2N2O2. The van der Waals surface area contributed by atoms with E-state index in [0.717, 1.165) is 24.0 Å². The van der Waals surface area contributed by atoms with E-state index in [4.69, 9.17) is 4.74 Å². The first kappa shape index (κ1) is 19.7. The number of para-hydroxylation sites is 1. The van der Waals surface area contributed by atoms with E-state index in [1.165, 1.54) is 0 Å². The van der Waals surface area contributed by atoms with Crippen molar-refractivity contribution >= 4 is 62.9 Å². The number of hydrogen-bond acceptors (Lipinski definition) is 3. The van der Waals surface area contributed by atoms with Gasteiger partial charge in [-0.05, 0) is 94.4 Å². The molecule has 0 aliphatic rings. The molecule has 25 heavy (non-hydrogen) atoms. The molecule has 1 amide bonds. The molecule has 0 radical (unpaired) electrons. The zero-order valence-corrected chi connectivity index (χ0v) is 18.1. The molecule has 0 aromatic heterocycles. The van der Waals surface area contributed by atoms with Crippen LogP contribution >= 0.6 is 45.2 Å². The van der Waals surface area contributed by atoms with Gasteiger partial charge in [-0.1, -0.05) is 18.2 Å². The van der Waals surface area contributed by atoms with Gasteiger partial charge in [-0.3, -0.25) is 4.79 Å². The van der Waals surface area contributed by atoms with Gasteiger partial charge in [-0.2, -0.15) is 5.26 Å². The number of amides is 1. The van der Waals surface area contributed by atoms with E-state index in [0.29, 0.717) is 12.3 Å². The average Bonchev–Trinajstić information content (AvgIpc) is 2.58. The summed E-state index contributed by atoms with van der Waals surface area (Å²) < 4.78 is 7.49. The lowest BCUT2D eigenvalue weighted by Crippen LogP contribution is -2.14. The summed E-state index contributed by atoms with van der Waals surface area (Å²) in [6, 6.07) is 13.2. The van der Waals surface area contributed by atoms with E-state index in [1.807, 2.05) is 56.3 Å². The van der Waals surface area contributed by atoms with Gasteiger partial charge >= 0.3 is 0 Å². The Kier molecular flexibility index (Phi) is 7.25. The fraction of sp³-hybridized carbons (Fsp3) is 0.158. The van der Waals surface area contributed by atoms with Gasteiger partial charge in [0.2, 0.25) is 0 Å². The van der Waals surface area contributed by atoms with E-state index < -0.39 is 5.91 Å². The number of nitrogens with one attached hydrogen (secondary N) is 1. The predicted molar refractivity (Wildman–Crippen MR) is 116 cm³/mol. The standard InChI is InChI=1S/C19H16I2N2O2/c1-3-25-18-15(20)9-13(10-16(18)21)8-14(11-22)19(24)23-17-7-5-4-6-12(17)2/h4-10H,3H2,1-2H3,(H,23,24)/b14-8+. The summed E-state index contributed by atoms with van der Waals surface area (Å²) in [5.41, 5.74) is 2.48. The molecule has 2 aromatic carbocycles. The smallest absolute Gasteiger partial charge is 0.266 e. The summed E-state index contributed by atoms with van der Waals surface area (Å²) in [7, 11) is 0.